The summed E-state index contributed by atoms with van der Waals surface area (Å²) in [6.07, 6.45) is 4.41. The number of hydrogen-bond acceptors (Lipinski definition) is 4. The lowest BCUT2D eigenvalue weighted by molar-refractivity contribution is -0.0504. The van der Waals surface area contributed by atoms with Crippen molar-refractivity contribution < 1.29 is 0 Å². The van der Waals surface area contributed by atoms with Gasteiger partial charge in [0.05, 0.1) is 12.6 Å². The average molecular weight is 244 g/mol. The number of hydrogen-bond donors (Lipinski definition) is 1. The van der Waals surface area contributed by atoms with Crippen LogP contribution in [-0.4, -0.2) is 36.0 Å². The molecule has 1 heterocycles. The monoisotopic (exact) mass is 244 g/mol. The van der Waals surface area contributed by atoms with Crippen LogP contribution in [-0.2, 0) is 0 Å². The van der Waals surface area contributed by atoms with Crippen molar-refractivity contribution in [2.75, 3.05) is 19.3 Å². The van der Waals surface area contributed by atoms with Crippen LogP contribution >= 0.6 is 0 Å². The molecule has 2 atom stereocenters. The number of hydrazine groups is 1. The van der Waals surface area contributed by atoms with E-state index in [0.29, 0.717) is 12.0 Å². The van der Waals surface area contributed by atoms with Crippen LogP contribution in [0.25, 0.3) is 0 Å². The van der Waals surface area contributed by atoms with E-state index >= 15 is 0 Å². The van der Waals surface area contributed by atoms with Crippen LogP contribution < -0.4 is 5.73 Å². The Balaban J connectivity index is 1.84. The molecule has 4 heteroatoms. The van der Waals surface area contributed by atoms with Crippen LogP contribution in [0.15, 0.2) is 23.3 Å². The molecule has 1 aromatic carbocycles. The Morgan fingerprint density at radius 2 is 2.17 bits per heavy atom. The largest absolute Gasteiger partial charge is 0.399 e. The summed E-state index contributed by atoms with van der Waals surface area (Å²) in [5, 5.41) is 8.78. The van der Waals surface area contributed by atoms with Gasteiger partial charge in [0.15, 0.2) is 0 Å². The maximum absolute atomic E-state index is 5.92. The van der Waals surface area contributed by atoms with E-state index in [1.165, 1.54) is 24.0 Å². The predicted octanol–water partition coefficient (Wildman–Crippen LogP) is 1.97. The molecule has 2 aliphatic rings. The quantitative estimate of drug-likeness (QED) is 0.809. The Morgan fingerprint density at radius 1 is 1.33 bits per heavy atom. The van der Waals surface area contributed by atoms with Gasteiger partial charge in [0.1, 0.15) is 0 Å². The Hall–Kier alpha value is -1.55. The molecule has 0 saturated heterocycles. The fourth-order valence-electron chi connectivity index (χ4n) is 2.93. The minimum atomic E-state index is 0.495. The fraction of sp³-hybridized carbons (Fsp3) is 0.500. The summed E-state index contributed by atoms with van der Waals surface area (Å²) in [6, 6.07) is 6.73. The Labute approximate surface area is 108 Å². The second kappa shape index (κ2) is 4.28. The standard InChI is InChI=1S/C14H20N4/c1-10-3-4-11(15)9-13(10)12-5-6-14(12)18-16-7-8-17(18)2/h3-4,7,9,12,14H,5-6,8,15H2,1-2H3/t12?,14-/m0/s1. The maximum atomic E-state index is 5.92. The third-order valence-electron chi connectivity index (χ3n) is 4.13. The van der Waals surface area contributed by atoms with Crippen molar-refractivity contribution in [3.63, 3.8) is 0 Å². The lowest BCUT2D eigenvalue weighted by Gasteiger charge is -2.44. The van der Waals surface area contributed by atoms with Crippen LogP contribution in [0, 0.1) is 6.92 Å². The third-order valence-corrected chi connectivity index (χ3v) is 4.13. The van der Waals surface area contributed by atoms with Gasteiger partial charge >= 0.3 is 0 Å². The average Bonchev–Trinajstić information content (AvgIpc) is 2.69. The van der Waals surface area contributed by atoms with Gasteiger partial charge in [-0.15, -0.1) is 0 Å². The first-order chi connectivity index (χ1) is 8.66. The van der Waals surface area contributed by atoms with Gasteiger partial charge in [0.2, 0.25) is 0 Å². The number of anilines is 1. The van der Waals surface area contributed by atoms with Crippen molar-refractivity contribution in [2.24, 2.45) is 5.10 Å². The van der Waals surface area contributed by atoms with E-state index in [1.807, 2.05) is 12.3 Å². The molecule has 3 rings (SSSR count). The number of hydrazone groups is 1. The van der Waals surface area contributed by atoms with Gasteiger partial charge in [-0.25, -0.2) is 10.1 Å². The van der Waals surface area contributed by atoms with Crippen LogP contribution in [0.1, 0.15) is 29.9 Å². The van der Waals surface area contributed by atoms with Gasteiger partial charge < -0.3 is 5.73 Å². The molecule has 1 aliphatic carbocycles. The minimum absolute atomic E-state index is 0.495. The zero-order chi connectivity index (χ0) is 12.7. The van der Waals surface area contributed by atoms with Crippen LogP contribution in [0.3, 0.4) is 0 Å². The number of nitrogen functional groups attached to an aromatic ring is 1. The molecular formula is C14H20N4. The molecule has 18 heavy (non-hydrogen) atoms. The zero-order valence-corrected chi connectivity index (χ0v) is 11.0. The molecule has 2 N–H and O–H groups in total. The molecule has 0 aromatic heterocycles. The minimum Gasteiger partial charge on any atom is -0.399 e. The molecule has 1 aliphatic heterocycles. The second-order valence-corrected chi connectivity index (χ2v) is 5.33. The summed E-state index contributed by atoms with van der Waals surface area (Å²) in [7, 11) is 2.09. The Kier molecular flexibility index (Phi) is 2.74. The lowest BCUT2D eigenvalue weighted by Crippen LogP contribution is -2.48. The molecule has 0 bridgehead atoms. The van der Waals surface area contributed by atoms with Gasteiger partial charge in [0.25, 0.3) is 0 Å². The van der Waals surface area contributed by atoms with Crippen molar-refractivity contribution in [3.8, 4) is 0 Å². The normalized spacial score (nSPS) is 27.6. The van der Waals surface area contributed by atoms with E-state index in [9.17, 15) is 0 Å². The van der Waals surface area contributed by atoms with E-state index in [4.69, 9.17) is 5.73 Å². The topological polar surface area (TPSA) is 44.9 Å². The summed E-state index contributed by atoms with van der Waals surface area (Å²) < 4.78 is 0. The summed E-state index contributed by atoms with van der Waals surface area (Å²) in [5.74, 6) is 0.561. The number of nitrogens with two attached hydrogens (primary N) is 1. The smallest absolute Gasteiger partial charge is 0.0713 e. The maximum Gasteiger partial charge on any atom is 0.0713 e. The summed E-state index contributed by atoms with van der Waals surface area (Å²) >= 11 is 0. The molecule has 0 amide bonds. The van der Waals surface area contributed by atoms with Gasteiger partial charge in [-0.2, -0.15) is 5.10 Å². The van der Waals surface area contributed by atoms with Gasteiger partial charge in [0, 0.05) is 24.9 Å². The molecule has 1 aromatic rings. The van der Waals surface area contributed by atoms with Crippen molar-refractivity contribution in [1.82, 2.24) is 10.1 Å². The first-order valence-electron chi connectivity index (χ1n) is 6.55. The molecule has 1 saturated carbocycles. The molecule has 0 radical (unpaired) electrons. The van der Waals surface area contributed by atoms with E-state index in [1.54, 1.807) is 0 Å². The zero-order valence-electron chi connectivity index (χ0n) is 11.0. The molecule has 0 spiro atoms. The third kappa shape index (κ3) is 1.77. The van der Waals surface area contributed by atoms with Crippen LogP contribution in [0.2, 0.25) is 0 Å². The molecular weight excluding hydrogens is 224 g/mol. The van der Waals surface area contributed by atoms with Crippen molar-refractivity contribution >= 4 is 11.9 Å². The van der Waals surface area contributed by atoms with Crippen LogP contribution in [0.5, 0.6) is 0 Å². The SMILES string of the molecule is Cc1ccc(N)cc1C1CC[C@@H]1N1N=CCN1C. The van der Waals surface area contributed by atoms with Gasteiger partial charge in [-0.05, 0) is 43.0 Å². The highest BCUT2D eigenvalue weighted by Crippen LogP contribution is 2.43. The summed E-state index contributed by atoms with van der Waals surface area (Å²) in [6.45, 7) is 3.08. The molecule has 1 fully saturated rings. The van der Waals surface area contributed by atoms with Gasteiger partial charge in [-0.3, -0.25) is 0 Å². The number of benzene rings is 1. The van der Waals surface area contributed by atoms with E-state index < -0.39 is 0 Å². The highest BCUT2D eigenvalue weighted by molar-refractivity contribution is 5.60. The summed E-state index contributed by atoms with van der Waals surface area (Å²) in [5.41, 5.74) is 9.51. The van der Waals surface area contributed by atoms with Crippen LogP contribution in [0.4, 0.5) is 5.69 Å². The van der Waals surface area contributed by atoms with E-state index in [-0.39, 0.29) is 0 Å². The fourth-order valence-corrected chi connectivity index (χ4v) is 2.93. The predicted molar refractivity (Wildman–Crippen MR) is 74.3 cm³/mol. The first-order valence-corrected chi connectivity index (χ1v) is 6.55. The molecule has 96 valence electrons. The van der Waals surface area contributed by atoms with E-state index in [0.717, 1.165) is 12.2 Å². The second-order valence-electron chi connectivity index (χ2n) is 5.33. The highest BCUT2D eigenvalue weighted by atomic mass is 15.8. The van der Waals surface area contributed by atoms with Crippen molar-refractivity contribution in [1.29, 1.82) is 0 Å². The van der Waals surface area contributed by atoms with E-state index in [2.05, 4.69) is 41.3 Å². The van der Waals surface area contributed by atoms with Crippen molar-refractivity contribution in [2.45, 2.75) is 31.7 Å². The summed E-state index contributed by atoms with van der Waals surface area (Å²) in [4.78, 5) is 0. The Morgan fingerprint density at radius 3 is 2.78 bits per heavy atom. The lowest BCUT2D eigenvalue weighted by atomic mass is 9.73. The number of rotatable bonds is 2. The Bertz CT molecular complexity index is 483. The molecule has 4 nitrogen and oxygen atoms in total. The van der Waals surface area contributed by atoms with Gasteiger partial charge in [-0.1, -0.05) is 6.07 Å². The molecule has 1 unspecified atom stereocenters. The van der Waals surface area contributed by atoms with Crippen molar-refractivity contribution in [3.05, 3.63) is 29.3 Å². The first kappa shape index (κ1) is 11.5. The highest BCUT2D eigenvalue weighted by Gasteiger charge is 2.39. The number of aryl methyl sites for hydroxylation is 1. The number of nitrogens with zero attached hydrogens (tertiary/aromatic N) is 3.